The molecule has 0 saturated heterocycles. The maximum atomic E-state index is 12.5. The summed E-state index contributed by atoms with van der Waals surface area (Å²) < 4.78 is 94.5. The van der Waals surface area contributed by atoms with Gasteiger partial charge >= 0.3 is 0 Å². The normalized spacial score (nSPS) is 13.3. The van der Waals surface area contributed by atoms with E-state index in [4.69, 9.17) is 10.3 Å². The van der Waals surface area contributed by atoms with E-state index in [-0.39, 0.29) is 28.7 Å². The van der Waals surface area contributed by atoms with E-state index in [2.05, 4.69) is 30.6 Å². The highest BCUT2D eigenvalue weighted by Gasteiger charge is 2.35. The highest BCUT2D eigenvalue weighted by molar-refractivity contribution is 7.92. The number of aromatic amines is 1. The van der Waals surface area contributed by atoms with Crippen LogP contribution in [-0.2, 0) is 49.3 Å². The number of hydrogen-bond donors (Lipinski definition) is 5. The number of fused-ring (bicyclic) bond motifs is 2. The number of nitrogens with two attached hydrogens (primary N) is 2. The van der Waals surface area contributed by atoms with Crippen molar-refractivity contribution in [3.8, 4) is 22.4 Å². The zero-order valence-corrected chi connectivity index (χ0v) is 36.7. The molecule has 0 saturated carbocycles. The lowest BCUT2D eigenvalue weighted by atomic mass is 10.1. The van der Waals surface area contributed by atoms with Crippen LogP contribution in [0.25, 0.3) is 42.8 Å². The third-order valence-corrected chi connectivity index (χ3v) is 14.9. The highest BCUT2D eigenvalue weighted by atomic mass is 32.2. The summed E-state index contributed by atoms with van der Waals surface area (Å²) in [6.45, 7) is 1.33. The van der Waals surface area contributed by atoms with E-state index in [1.807, 2.05) is 31.2 Å². The summed E-state index contributed by atoms with van der Waals surface area (Å²) in [6.07, 6.45) is 5.16. The number of aromatic nitrogens is 4. The SMILES string of the molecule is CS(=O)(=O)C(C(=O)NCCS(N)(=O)=O)c1nc2ccc(-c3ccc(=O)[nH]c3)cc2s1.Cc1ccc(-c2ccc3nc(C(C(=O)NCCS(N)(=O)=O)S(C)(=O)=O)sc3c2)nc1. The molecule has 2 unspecified atom stereocenters. The number of primary sulfonamides is 2. The first-order valence-corrected chi connectivity index (χ1v) is 26.2. The van der Waals surface area contributed by atoms with Gasteiger partial charge in [0.1, 0.15) is 10.0 Å². The van der Waals surface area contributed by atoms with Crippen LogP contribution in [0.2, 0.25) is 0 Å². The van der Waals surface area contributed by atoms with Crippen LogP contribution in [0.15, 0.2) is 77.9 Å². The summed E-state index contributed by atoms with van der Waals surface area (Å²) in [5.74, 6) is -2.73. The lowest BCUT2D eigenvalue weighted by Gasteiger charge is -2.12. The van der Waals surface area contributed by atoms with Crippen LogP contribution in [0.3, 0.4) is 0 Å². The minimum Gasteiger partial charge on any atom is -0.354 e. The molecular formula is C35H38N8O11S6. The van der Waals surface area contributed by atoms with Crippen LogP contribution in [0.1, 0.15) is 26.1 Å². The number of nitrogens with one attached hydrogen (secondary N) is 3. The van der Waals surface area contributed by atoms with Gasteiger partial charge in [-0.3, -0.25) is 19.4 Å². The first-order chi connectivity index (χ1) is 27.9. The Morgan fingerprint density at radius 2 is 1.15 bits per heavy atom. The number of sulfone groups is 2. The second-order valence-electron chi connectivity index (χ2n) is 13.4. The molecule has 2 aromatic carbocycles. The summed E-state index contributed by atoms with van der Waals surface area (Å²) >= 11 is 2.14. The number of rotatable bonds is 14. The lowest BCUT2D eigenvalue weighted by molar-refractivity contribution is -0.121. The zero-order valence-electron chi connectivity index (χ0n) is 31.8. The highest BCUT2D eigenvalue weighted by Crippen LogP contribution is 2.35. The molecule has 320 valence electrons. The standard InChI is InChI=1S/C18H20N4O5S3.C17H18N4O6S3/c1-11-3-5-13(21-10-11)12-4-6-14-15(9-12)28-18(22-14)16(29(2,24)25)17(23)20-7-8-30(19,26)27;1-29(24,25)15(16(23)19-6-7-30(18,26)27)17-21-12-4-2-10(8-13(12)28-17)11-3-5-14(22)20-9-11/h3-6,9-10,16H,7-8H2,1-2H3,(H,20,23)(H2,19,26,27);2-5,8-9,15H,6-7H2,1H3,(H,19,23)(H,20,22)(H2,18,26,27). The van der Waals surface area contributed by atoms with Gasteiger partial charge in [0.2, 0.25) is 37.4 Å². The Kier molecular flexibility index (Phi) is 14.0. The van der Waals surface area contributed by atoms with Crippen molar-refractivity contribution in [1.82, 2.24) is 30.6 Å². The number of amides is 2. The van der Waals surface area contributed by atoms with Crippen LogP contribution in [0, 0.1) is 6.92 Å². The Labute approximate surface area is 352 Å². The van der Waals surface area contributed by atoms with Gasteiger partial charge in [0.15, 0.2) is 30.2 Å². The number of carbonyl (C=O) groups is 2. The number of carbonyl (C=O) groups excluding carboxylic acids is 2. The number of hydrogen-bond acceptors (Lipinski definition) is 16. The molecule has 4 aromatic heterocycles. The third kappa shape index (κ3) is 12.5. The molecule has 0 spiro atoms. The van der Waals surface area contributed by atoms with Crippen molar-refractivity contribution in [2.45, 2.75) is 17.4 Å². The van der Waals surface area contributed by atoms with Gasteiger partial charge in [-0.05, 0) is 60.0 Å². The first kappa shape index (κ1) is 46.1. The molecule has 0 fully saturated rings. The smallest absolute Gasteiger partial charge is 0.247 e. The first-order valence-electron chi connectivity index (χ1n) is 17.3. The minimum atomic E-state index is -3.88. The van der Waals surface area contributed by atoms with Crippen molar-refractivity contribution < 1.29 is 43.3 Å². The Balaban J connectivity index is 0.000000228. The molecule has 0 aliphatic heterocycles. The van der Waals surface area contributed by atoms with Gasteiger partial charge in [-0.2, -0.15) is 0 Å². The van der Waals surface area contributed by atoms with Crippen molar-refractivity contribution in [3.63, 3.8) is 0 Å². The van der Waals surface area contributed by atoms with Crippen molar-refractivity contribution >= 4 is 94.6 Å². The number of nitrogens with zero attached hydrogens (tertiary/aromatic N) is 3. The van der Waals surface area contributed by atoms with Crippen molar-refractivity contribution in [1.29, 1.82) is 0 Å². The number of pyridine rings is 2. The topological polar surface area (TPSA) is 318 Å². The van der Waals surface area contributed by atoms with E-state index >= 15 is 0 Å². The molecule has 19 nitrogen and oxygen atoms in total. The van der Waals surface area contributed by atoms with Gasteiger partial charge in [-0.1, -0.05) is 18.2 Å². The summed E-state index contributed by atoms with van der Waals surface area (Å²) in [5.41, 5.74) is 5.00. The molecule has 0 bridgehead atoms. The van der Waals surface area contributed by atoms with Crippen LogP contribution >= 0.6 is 22.7 Å². The van der Waals surface area contributed by atoms with Gasteiger partial charge < -0.3 is 15.6 Å². The van der Waals surface area contributed by atoms with Crippen LogP contribution in [-0.4, -0.2) is 103 Å². The van der Waals surface area contributed by atoms with E-state index in [1.165, 1.54) is 6.07 Å². The average molecular weight is 939 g/mol. The third-order valence-electron chi connectivity index (χ3n) is 8.29. The molecule has 0 radical (unpaired) electrons. The Bertz CT molecular complexity index is 3070. The summed E-state index contributed by atoms with van der Waals surface area (Å²) in [7, 11) is -15.3. The van der Waals surface area contributed by atoms with Gasteiger partial charge in [-0.15, -0.1) is 22.7 Å². The maximum Gasteiger partial charge on any atom is 0.247 e. The maximum absolute atomic E-state index is 12.5. The van der Waals surface area contributed by atoms with Gasteiger partial charge in [-0.25, -0.2) is 53.9 Å². The molecule has 0 aliphatic carbocycles. The molecule has 0 aliphatic rings. The van der Waals surface area contributed by atoms with Crippen LogP contribution in [0.4, 0.5) is 0 Å². The van der Waals surface area contributed by atoms with Gasteiger partial charge in [0, 0.05) is 49.6 Å². The van der Waals surface area contributed by atoms with Crippen LogP contribution < -0.4 is 26.5 Å². The fourth-order valence-corrected chi connectivity index (χ4v) is 11.3. The monoisotopic (exact) mass is 938 g/mol. The molecule has 2 amide bonds. The molecule has 60 heavy (non-hydrogen) atoms. The Morgan fingerprint density at radius 1 is 0.683 bits per heavy atom. The molecule has 6 rings (SSSR count). The second kappa shape index (κ2) is 18.3. The molecule has 4 heterocycles. The van der Waals surface area contributed by atoms with Crippen molar-refractivity contribution in [2.75, 3.05) is 37.1 Å². The predicted molar refractivity (Wildman–Crippen MR) is 230 cm³/mol. The average Bonchev–Trinajstić information content (AvgIpc) is 3.73. The molecule has 25 heteroatoms. The summed E-state index contributed by atoms with van der Waals surface area (Å²) in [6, 6.07) is 17.5. The van der Waals surface area contributed by atoms with E-state index in [0.29, 0.717) is 20.4 Å². The van der Waals surface area contributed by atoms with Crippen molar-refractivity contribution in [2.24, 2.45) is 10.3 Å². The Hall–Kier alpha value is -5.02. The van der Waals surface area contributed by atoms with Gasteiger partial charge in [0.05, 0.1) is 37.6 Å². The molecular weight excluding hydrogens is 901 g/mol. The summed E-state index contributed by atoms with van der Waals surface area (Å²) in [5, 5.41) is 11.4. The number of thiazole rings is 2. The quantitative estimate of drug-likeness (QED) is 0.103. The van der Waals surface area contributed by atoms with Crippen molar-refractivity contribution in [3.05, 3.63) is 99.0 Å². The van der Waals surface area contributed by atoms with E-state index in [9.17, 15) is 48.1 Å². The predicted octanol–water partition coefficient (Wildman–Crippen LogP) is 1.30. The lowest BCUT2D eigenvalue weighted by Crippen LogP contribution is -2.37. The minimum absolute atomic E-state index is 0.0687. The molecule has 6 aromatic rings. The van der Waals surface area contributed by atoms with Gasteiger partial charge in [0.25, 0.3) is 0 Å². The Morgan fingerprint density at radius 3 is 1.57 bits per heavy atom. The number of aryl methyl sites for hydroxylation is 1. The molecule has 7 N–H and O–H groups in total. The zero-order chi connectivity index (χ0) is 44.2. The second-order valence-corrected chi connectivity index (χ2v) is 23.2. The fourth-order valence-electron chi connectivity index (χ4n) is 5.47. The van der Waals surface area contributed by atoms with E-state index in [1.54, 1.807) is 42.7 Å². The largest absolute Gasteiger partial charge is 0.354 e. The fraction of sp³-hybridized carbons (Fsp3) is 0.257. The summed E-state index contributed by atoms with van der Waals surface area (Å²) in [4.78, 5) is 51.8. The van der Waals surface area contributed by atoms with E-state index < -0.39 is 73.5 Å². The van der Waals surface area contributed by atoms with Crippen LogP contribution in [0.5, 0.6) is 0 Å². The number of H-pyrrole nitrogens is 1. The van der Waals surface area contributed by atoms with E-state index in [0.717, 1.165) is 63.1 Å². The number of benzene rings is 2. The number of sulfonamides is 2. The molecule has 2 atom stereocenters.